The van der Waals surface area contributed by atoms with Gasteiger partial charge in [-0.25, -0.2) is 8.42 Å². The van der Waals surface area contributed by atoms with Gasteiger partial charge in [-0.3, -0.25) is 4.79 Å². The highest BCUT2D eigenvalue weighted by Gasteiger charge is 2.04. The summed E-state index contributed by atoms with van der Waals surface area (Å²) in [5.41, 5.74) is 3.64. The fraction of sp³-hybridized carbons (Fsp3) is 0.167. The van der Waals surface area contributed by atoms with E-state index in [0.29, 0.717) is 11.3 Å². The first-order chi connectivity index (χ1) is 7.90. The maximum Gasteiger partial charge on any atom is 0.256 e. The van der Waals surface area contributed by atoms with Crippen LogP contribution < -0.4 is 5.32 Å². The monoisotopic (exact) mass is 251 g/mol. The van der Waals surface area contributed by atoms with Crippen molar-refractivity contribution in [2.75, 3.05) is 11.6 Å². The molecule has 0 bridgehead atoms. The molecule has 4 nitrogen and oxygen atoms in total. The van der Waals surface area contributed by atoms with Crippen molar-refractivity contribution in [1.82, 2.24) is 0 Å². The number of anilines is 1. The normalized spacial score (nSPS) is 10.4. The number of amides is 1. The third-order valence-electron chi connectivity index (χ3n) is 1.88. The van der Waals surface area contributed by atoms with Gasteiger partial charge in [-0.15, -0.1) is 5.73 Å². The second-order valence-electron chi connectivity index (χ2n) is 3.60. The number of hydrogen-bond donors (Lipinski definition) is 1. The van der Waals surface area contributed by atoms with Crippen LogP contribution in [0.25, 0.3) is 0 Å². The van der Waals surface area contributed by atoms with Crippen LogP contribution in [-0.4, -0.2) is 20.6 Å². The first-order valence-corrected chi connectivity index (χ1v) is 6.90. The van der Waals surface area contributed by atoms with Crippen molar-refractivity contribution in [3.8, 4) is 0 Å². The van der Waals surface area contributed by atoms with E-state index in [9.17, 15) is 13.2 Å². The summed E-state index contributed by atoms with van der Waals surface area (Å²) >= 11 is 0. The molecular formula is C12H13NO3S. The maximum absolute atomic E-state index is 11.2. The summed E-state index contributed by atoms with van der Waals surface area (Å²) in [6.45, 7) is 3.29. The summed E-state index contributed by atoms with van der Waals surface area (Å²) in [5, 5.41) is 2.59. The van der Waals surface area contributed by atoms with Gasteiger partial charge in [-0.2, -0.15) is 0 Å². The minimum absolute atomic E-state index is 0.00616. The molecule has 0 saturated heterocycles. The van der Waals surface area contributed by atoms with E-state index in [1.54, 1.807) is 24.3 Å². The number of sulfone groups is 1. The van der Waals surface area contributed by atoms with Gasteiger partial charge in [-0.1, -0.05) is 18.7 Å². The summed E-state index contributed by atoms with van der Waals surface area (Å²) in [6, 6.07) is 6.62. The van der Waals surface area contributed by atoms with Crippen LogP contribution in [0.15, 0.2) is 42.7 Å². The van der Waals surface area contributed by atoms with E-state index >= 15 is 0 Å². The van der Waals surface area contributed by atoms with E-state index in [0.717, 1.165) is 0 Å². The second-order valence-corrected chi connectivity index (χ2v) is 5.74. The number of nitrogens with one attached hydrogen (secondary N) is 1. The Morgan fingerprint density at radius 3 is 2.47 bits per heavy atom. The van der Waals surface area contributed by atoms with Crippen LogP contribution in [0.3, 0.4) is 0 Å². The van der Waals surface area contributed by atoms with E-state index in [1.165, 1.54) is 12.3 Å². The fourth-order valence-corrected chi connectivity index (χ4v) is 2.06. The summed E-state index contributed by atoms with van der Waals surface area (Å²) < 4.78 is 22.1. The van der Waals surface area contributed by atoms with Gasteiger partial charge in [0.15, 0.2) is 9.84 Å². The fourth-order valence-electron chi connectivity index (χ4n) is 1.26. The molecule has 0 aromatic heterocycles. The average molecular weight is 251 g/mol. The molecule has 1 aromatic rings. The molecule has 0 heterocycles. The van der Waals surface area contributed by atoms with E-state index in [1.807, 2.05) is 0 Å². The Kier molecular flexibility index (Phi) is 4.26. The van der Waals surface area contributed by atoms with Gasteiger partial charge < -0.3 is 5.32 Å². The summed E-state index contributed by atoms with van der Waals surface area (Å²) in [5.74, 6) is -0.329. The lowest BCUT2D eigenvalue weighted by molar-refractivity contribution is -0.111. The number of benzene rings is 1. The summed E-state index contributed by atoms with van der Waals surface area (Å²) in [7, 11) is -3.03. The van der Waals surface area contributed by atoms with Crippen LogP contribution in [0, 0.1) is 0 Å². The number of hydrogen-bond acceptors (Lipinski definition) is 3. The molecule has 1 aromatic carbocycles. The zero-order valence-electron chi connectivity index (χ0n) is 9.43. The third-order valence-corrected chi connectivity index (χ3v) is 2.74. The lowest BCUT2D eigenvalue weighted by Crippen LogP contribution is -2.07. The van der Waals surface area contributed by atoms with E-state index in [-0.39, 0.29) is 11.7 Å². The molecule has 17 heavy (non-hydrogen) atoms. The maximum atomic E-state index is 11.2. The van der Waals surface area contributed by atoms with Crippen molar-refractivity contribution < 1.29 is 13.2 Å². The molecule has 1 amide bonds. The lowest BCUT2D eigenvalue weighted by Gasteiger charge is -2.03. The van der Waals surface area contributed by atoms with Crippen molar-refractivity contribution in [3.63, 3.8) is 0 Å². The molecule has 1 rings (SSSR count). The standard InChI is InChI=1S/C12H13NO3S/c1-3-4-12(14)13-11-7-5-10(6-8-11)9-17(2,15)16/h4-8H,1,9H2,2H3,(H,13,14). The van der Waals surface area contributed by atoms with Crippen LogP contribution in [0.1, 0.15) is 5.56 Å². The van der Waals surface area contributed by atoms with Crippen molar-refractivity contribution in [3.05, 3.63) is 48.2 Å². The zero-order chi connectivity index (χ0) is 12.9. The first kappa shape index (κ1) is 13.2. The average Bonchev–Trinajstić information content (AvgIpc) is 2.19. The lowest BCUT2D eigenvalue weighted by atomic mass is 10.2. The Hall–Kier alpha value is -1.84. The van der Waals surface area contributed by atoms with Gasteiger partial charge in [0.25, 0.3) is 5.91 Å². The third kappa shape index (κ3) is 5.15. The SMILES string of the molecule is C=C=CC(=O)Nc1ccc(CS(C)(=O)=O)cc1. The van der Waals surface area contributed by atoms with E-state index < -0.39 is 9.84 Å². The molecule has 0 aliphatic rings. The first-order valence-electron chi connectivity index (χ1n) is 4.84. The topological polar surface area (TPSA) is 63.2 Å². The molecule has 5 heteroatoms. The van der Waals surface area contributed by atoms with Crippen LogP contribution in [0.4, 0.5) is 5.69 Å². The van der Waals surface area contributed by atoms with Gasteiger partial charge in [0.2, 0.25) is 0 Å². The summed E-state index contributed by atoms with van der Waals surface area (Å²) in [6.07, 6.45) is 2.36. The van der Waals surface area contributed by atoms with Gasteiger partial charge in [0, 0.05) is 18.0 Å². The molecule has 0 aliphatic carbocycles. The molecular weight excluding hydrogens is 238 g/mol. The van der Waals surface area contributed by atoms with Crippen molar-refractivity contribution >= 4 is 21.4 Å². The summed E-state index contributed by atoms with van der Waals surface area (Å²) in [4.78, 5) is 11.2. The van der Waals surface area contributed by atoms with Crippen LogP contribution >= 0.6 is 0 Å². The number of carbonyl (C=O) groups excluding carboxylic acids is 1. The number of carbonyl (C=O) groups is 1. The van der Waals surface area contributed by atoms with Crippen LogP contribution in [0.5, 0.6) is 0 Å². The van der Waals surface area contributed by atoms with Crippen LogP contribution in [0.2, 0.25) is 0 Å². The predicted molar refractivity (Wildman–Crippen MR) is 67.3 cm³/mol. The molecule has 0 atom stereocenters. The molecule has 1 N–H and O–H groups in total. The predicted octanol–water partition coefficient (Wildman–Crippen LogP) is 1.51. The van der Waals surface area contributed by atoms with E-state index in [4.69, 9.17) is 0 Å². The van der Waals surface area contributed by atoms with Gasteiger partial charge in [-0.05, 0) is 17.7 Å². The molecule has 0 spiro atoms. The molecule has 0 fully saturated rings. The molecule has 0 unspecified atom stereocenters. The molecule has 0 aliphatic heterocycles. The van der Waals surface area contributed by atoms with Gasteiger partial charge >= 0.3 is 0 Å². The number of rotatable bonds is 4. The largest absolute Gasteiger partial charge is 0.322 e. The van der Waals surface area contributed by atoms with Gasteiger partial charge in [0.1, 0.15) is 0 Å². The Bertz CT molecular complexity index is 552. The Balaban J connectivity index is 2.75. The zero-order valence-corrected chi connectivity index (χ0v) is 10.3. The minimum atomic E-state index is -3.03. The van der Waals surface area contributed by atoms with Crippen molar-refractivity contribution in [1.29, 1.82) is 0 Å². The smallest absolute Gasteiger partial charge is 0.256 e. The minimum Gasteiger partial charge on any atom is -0.322 e. The van der Waals surface area contributed by atoms with Crippen molar-refractivity contribution in [2.45, 2.75) is 5.75 Å². The Morgan fingerprint density at radius 2 is 2.00 bits per heavy atom. The van der Waals surface area contributed by atoms with Crippen LogP contribution in [-0.2, 0) is 20.4 Å². The van der Waals surface area contributed by atoms with Crippen molar-refractivity contribution in [2.24, 2.45) is 0 Å². The molecule has 0 radical (unpaired) electrons. The second kappa shape index (κ2) is 5.48. The van der Waals surface area contributed by atoms with Gasteiger partial charge in [0.05, 0.1) is 5.75 Å². The highest BCUT2D eigenvalue weighted by atomic mass is 32.2. The quantitative estimate of drug-likeness (QED) is 0.651. The molecule has 90 valence electrons. The molecule has 0 saturated carbocycles. The highest BCUT2D eigenvalue weighted by molar-refractivity contribution is 7.89. The Morgan fingerprint density at radius 1 is 1.41 bits per heavy atom. The highest BCUT2D eigenvalue weighted by Crippen LogP contribution is 2.11. The Labute approximate surface area is 101 Å². The van der Waals surface area contributed by atoms with E-state index in [2.05, 4.69) is 17.6 Å².